The van der Waals surface area contributed by atoms with Crippen LogP contribution in [0.5, 0.6) is 0 Å². The lowest BCUT2D eigenvalue weighted by molar-refractivity contribution is 0.127. The Morgan fingerprint density at radius 3 is 2.81 bits per heavy atom. The zero-order valence-corrected chi connectivity index (χ0v) is 10.0. The van der Waals surface area contributed by atoms with Crippen LogP contribution in [0.4, 0.5) is 0 Å². The highest BCUT2D eigenvalue weighted by atomic mass is 35.5. The van der Waals surface area contributed by atoms with Crippen LogP contribution in [0.3, 0.4) is 0 Å². The van der Waals surface area contributed by atoms with E-state index in [4.69, 9.17) is 16.7 Å². The first-order valence-electron chi connectivity index (χ1n) is 5.72. The normalized spacial score (nSPS) is 18.9. The van der Waals surface area contributed by atoms with Crippen LogP contribution in [-0.2, 0) is 6.54 Å². The van der Waals surface area contributed by atoms with Crippen molar-refractivity contribution in [3.05, 3.63) is 29.0 Å². The van der Waals surface area contributed by atoms with E-state index < -0.39 is 0 Å². The molecule has 0 bridgehead atoms. The highest BCUT2D eigenvalue weighted by Gasteiger charge is 2.18. The van der Waals surface area contributed by atoms with Gasteiger partial charge in [-0.05, 0) is 37.9 Å². The summed E-state index contributed by atoms with van der Waals surface area (Å²) in [6.07, 6.45) is 3.87. The van der Waals surface area contributed by atoms with Gasteiger partial charge in [0.2, 0.25) is 0 Å². The number of hydrogen-bond acceptors (Lipinski definition) is 3. The average Bonchev–Trinajstić information content (AvgIpc) is 2.33. The average molecular weight is 241 g/mol. The molecule has 1 aromatic heterocycles. The molecule has 1 aliphatic rings. The van der Waals surface area contributed by atoms with Crippen molar-refractivity contribution in [2.75, 3.05) is 19.7 Å². The molecule has 1 saturated heterocycles. The first-order chi connectivity index (χ1) is 7.79. The van der Waals surface area contributed by atoms with Gasteiger partial charge in [0.15, 0.2) is 0 Å². The molecular formula is C12H17ClN2O. The van der Waals surface area contributed by atoms with Crippen LogP contribution in [-0.4, -0.2) is 34.7 Å². The molecule has 1 aromatic rings. The summed E-state index contributed by atoms with van der Waals surface area (Å²) in [5, 5.41) is 9.67. The summed E-state index contributed by atoms with van der Waals surface area (Å²) in [5.74, 6) is 0.487. The second-order valence-electron chi connectivity index (χ2n) is 4.36. The number of aliphatic hydroxyl groups is 1. The minimum atomic E-state index is 0.321. The van der Waals surface area contributed by atoms with Gasteiger partial charge < -0.3 is 5.11 Å². The molecule has 0 amide bonds. The molecule has 4 heteroatoms. The van der Waals surface area contributed by atoms with Gasteiger partial charge in [0, 0.05) is 24.9 Å². The molecule has 0 saturated carbocycles. The molecule has 0 spiro atoms. The number of likely N-dealkylation sites (tertiary alicyclic amines) is 1. The third-order valence-electron chi connectivity index (χ3n) is 3.20. The lowest BCUT2D eigenvalue weighted by Crippen LogP contribution is -2.34. The Hall–Kier alpha value is -0.640. The zero-order valence-electron chi connectivity index (χ0n) is 9.27. The predicted octanol–water partition coefficient (Wildman–Crippen LogP) is 1.94. The van der Waals surface area contributed by atoms with Crippen LogP contribution < -0.4 is 0 Å². The predicted molar refractivity (Wildman–Crippen MR) is 64.3 cm³/mol. The van der Waals surface area contributed by atoms with E-state index in [1.54, 1.807) is 6.20 Å². The van der Waals surface area contributed by atoms with E-state index in [0.717, 1.165) is 38.0 Å². The highest BCUT2D eigenvalue weighted by Crippen LogP contribution is 2.20. The van der Waals surface area contributed by atoms with Crippen molar-refractivity contribution in [2.24, 2.45) is 5.92 Å². The summed E-state index contributed by atoms with van der Waals surface area (Å²) >= 11 is 6.02. The van der Waals surface area contributed by atoms with Crippen LogP contribution in [0.25, 0.3) is 0 Å². The lowest BCUT2D eigenvalue weighted by Gasteiger charge is -2.31. The van der Waals surface area contributed by atoms with Gasteiger partial charge in [-0.2, -0.15) is 0 Å². The molecule has 0 aromatic carbocycles. The molecule has 1 N–H and O–H groups in total. The number of pyridine rings is 1. The van der Waals surface area contributed by atoms with Crippen molar-refractivity contribution in [1.29, 1.82) is 0 Å². The SMILES string of the molecule is OCC1CCN(Cc2cccnc2Cl)CC1. The monoisotopic (exact) mass is 240 g/mol. The number of rotatable bonds is 3. The van der Waals surface area contributed by atoms with Gasteiger partial charge in [0.1, 0.15) is 5.15 Å². The maximum atomic E-state index is 9.06. The molecule has 88 valence electrons. The summed E-state index contributed by atoms with van der Waals surface area (Å²) in [6.45, 7) is 3.26. The van der Waals surface area contributed by atoms with Crippen molar-refractivity contribution < 1.29 is 5.11 Å². The van der Waals surface area contributed by atoms with Crippen molar-refractivity contribution in [2.45, 2.75) is 19.4 Å². The van der Waals surface area contributed by atoms with Crippen molar-refractivity contribution in [1.82, 2.24) is 9.88 Å². The highest BCUT2D eigenvalue weighted by molar-refractivity contribution is 6.30. The number of nitrogens with zero attached hydrogens (tertiary/aromatic N) is 2. The van der Waals surface area contributed by atoms with Gasteiger partial charge in [-0.25, -0.2) is 4.98 Å². The molecule has 1 aliphatic heterocycles. The Balaban J connectivity index is 1.89. The van der Waals surface area contributed by atoms with Crippen LogP contribution >= 0.6 is 11.6 Å². The second kappa shape index (κ2) is 5.62. The number of piperidine rings is 1. The summed E-state index contributed by atoms with van der Waals surface area (Å²) in [7, 11) is 0. The molecule has 16 heavy (non-hydrogen) atoms. The van der Waals surface area contributed by atoms with E-state index in [1.807, 2.05) is 12.1 Å². The Labute approximate surface area is 101 Å². The Kier molecular flexibility index (Phi) is 4.16. The second-order valence-corrected chi connectivity index (χ2v) is 4.71. The van der Waals surface area contributed by atoms with Crippen LogP contribution in [0.2, 0.25) is 5.15 Å². The molecule has 2 rings (SSSR count). The van der Waals surface area contributed by atoms with E-state index in [9.17, 15) is 0 Å². The smallest absolute Gasteiger partial charge is 0.133 e. The van der Waals surface area contributed by atoms with E-state index in [0.29, 0.717) is 17.7 Å². The van der Waals surface area contributed by atoms with Crippen LogP contribution in [0.1, 0.15) is 18.4 Å². The van der Waals surface area contributed by atoms with Gasteiger partial charge >= 0.3 is 0 Å². The fraction of sp³-hybridized carbons (Fsp3) is 0.583. The van der Waals surface area contributed by atoms with Gasteiger partial charge in [0.25, 0.3) is 0 Å². The molecule has 0 unspecified atom stereocenters. The van der Waals surface area contributed by atoms with Gasteiger partial charge in [-0.1, -0.05) is 17.7 Å². The standard InChI is InChI=1S/C12H17ClN2O/c13-12-11(2-1-5-14-12)8-15-6-3-10(9-16)4-7-15/h1-2,5,10,16H,3-4,6-9H2. The topological polar surface area (TPSA) is 36.4 Å². The van der Waals surface area contributed by atoms with E-state index in [-0.39, 0.29) is 0 Å². The molecule has 3 nitrogen and oxygen atoms in total. The van der Waals surface area contributed by atoms with Gasteiger partial charge in [0.05, 0.1) is 0 Å². The molecule has 0 aliphatic carbocycles. The largest absolute Gasteiger partial charge is 0.396 e. The van der Waals surface area contributed by atoms with Gasteiger partial charge in [-0.15, -0.1) is 0 Å². The van der Waals surface area contributed by atoms with Crippen molar-refractivity contribution in [3.8, 4) is 0 Å². The molecule has 0 atom stereocenters. The van der Waals surface area contributed by atoms with Crippen molar-refractivity contribution in [3.63, 3.8) is 0 Å². The quantitative estimate of drug-likeness (QED) is 0.821. The molecule has 0 radical (unpaired) electrons. The number of aliphatic hydroxyl groups excluding tert-OH is 1. The fourth-order valence-corrected chi connectivity index (χ4v) is 2.28. The first-order valence-corrected chi connectivity index (χ1v) is 6.10. The molecule has 1 fully saturated rings. The fourth-order valence-electron chi connectivity index (χ4n) is 2.11. The summed E-state index contributed by atoms with van der Waals surface area (Å²) < 4.78 is 0. The van der Waals surface area contributed by atoms with Gasteiger partial charge in [-0.3, -0.25) is 4.90 Å². The molecule has 2 heterocycles. The maximum Gasteiger partial charge on any atom is 0.133 e. The van der Waals surface area contributed by atoms with E-state index in [1.165, 1.54) is 0 Å². The molecular weight excluding hydrogens is 224 g/mol. The Bertz CT molecular complexity index is 338. The minimum Gasteiger partial charge on any atom is -0.396 e. The van der Waals surface area contributed by atoms with E-state index >= 15 is 0 Å². The minimum absolute atomic E-state index is 0.321. The maximum absolute atomic E-state index is 9.06. The third kappa shape index (κ3) is 2.94. The third-order valence-corrected chi connectivity index (χ3v) is 3.54. The lowest BCUT2D eigenvalue weighted by atomic mass is 9.98. The zero-order chi connectivity index (χ0) is 11.4. The number of hydrogen-bond donors (Lipinski definition) is 1. The summed E-state index contributed by atoms with van der Waals surface area (Å²) in [4.78, 5) is 6.44. The van der Waals surface area contributed by atoms with E-state index in [2.05, 4.69) is 9.88 Å². The number of halogens is 1. The van der Waals surface area contributed by atoms with Crippen molar-refractivity contribution >= 4 is 11.6 Å². The summed E-state index contributed by atoms with van der Waals surface area (Å²) in [5.41, 5.74) is 1.09. The summed E-state index contributed by atoms with van der Waals surface area (Å²) in [6, 6.07) is 3.94. The van der Waals surface area contributed by atoms with Crippen LogP contribution in [0, 0.1) is 5.92 Å². The van der Waals surface area contributed by atoms with Crippen LogP contribution in [0.15, 0.2) is 18.3 Å². The Morgan fingerprint density at radius 1 is 1.44 bits per heavy atom. The Morgan fingerprint density at radius 2 is 2.19 bits per heavy atom. The number of aromatic nitrogens is 1. The first kappa shape index (κ1) is 11.8.